The topological polar surface area (TPSA) is 51.7 Å². The average Bonchev–Trinajstić information content (AvgIpc) is 2.81. The molecule has 2 aliphatic heterocycles. The van der Waals surface area contributed by atoms with Gasteiger partial charge in [0.15, 0.2) is 0 Å². The van der Waals surface area contributed by atoms with Gasteiger partial charge >= 0.3 is 0 Å². The first kappa shape index (κ1) is 21.8. The summed E-state index contributed by atoms with van der Waals surface area (Å²) in [6.07, 6.45) is 11.2. The molecular weight excluding hydrogens is 388 g/mol. The van der Waals surface area contributed by atoms with Gasteiger partial charge in [-0.3, -0.25) is 9.78 Å². The molecule has 5 nitrogen and oxygen atoms in total. The Morgan fingerprint density at radius 1 is 1.13 bits per heavy atom. The zero-order valence-electron chi connectivity index (χ0n) is 18.4. The van der Waals surface area contributed by atoms with Gasteiger partial charge in [-0.1, -0.05) is 30.3 Å². The number of nitrogens with zero attached hydrogens (tertiary/aromatic N) is 2. The van der Waals surface area contributed by atoms with E-state index in [2.05, 4.69) is 34.1 Å². The lowest BCUT2D eigenvalue weighted by molar-refractivity contribution is -0.147. The summed E-state index contributed by atoms with van der Waals surface area (Å²) in [5, 5.41) is 0. The van der Waals surface area contributed by atoms with Crippen molar-refractivity contribution in [1.82, 2.24) is 9.88 Å². The number of hydrogen-bond acceptors (Lipinski definition) is 4. The summed E-state index contributed by atoms with van der Waals surface area (Å²) >= 11 is 0. The van der Waals surface area contributed by atoms with E-state index in [0.717, 1.165) is 77.0 Å². The number of likely N-dealkylation sites (tertiary alicyclic amines) is 1. The van der Waals surface area contributed by atoms with Crippen LogP contribution in [0.5, 0.6) is 5.75 Å². The third-order valence-electron chi connectivity index (χ3n) is 6.77. The molecule has 0 saturated carbocycles. The van der Waals surface area contributed by atoms with Crippen molar-refractivity contribution in [2.24, 2.45) is 5.92 Å². The van der Waals surface area contributed by atoms with E-state index in [1.54, 1.807) is 12.4 Å². The van der Waals surface area contributed by atoms with Gasteiger partial charge in [0, 0.05) is 38.5 Å². The summed E-state index contributed by atoms with van der Waals surface area (Å²) in [5.74, 6) is 1.81. The van der Waals surface area contributed by atoms with E-state index in [9.17, 15) is 4.79 Å². The Morgan fingerprint density at radius 2 is 1.90 bits per heavy atom. The molecule has 1 spiro atoms. The molecule has 1 amide bonds. The van der Waals surface area contributed by atoms with Crippen molar-refractivity contribution in [3.63, 3.8) is 0 Å². The molecule has 4 rings (SSSR count). The average molecular weight is 423 g/mol. The van der Waals surface area contributed by atoms with E-state index in [1.165, 1.54) is 5.56 Å². The molecule has 166 valence electrons. The lowest BCUT2D eigenvalue weighted by atomic mass is 9.78. The van der Waals surface area contributed by atoms with Crippen molar-refractivity contribution in [3.05, 3.63) is 60.4 Å². The van der Waals surface area contributed by atoms with Gasteiger partial charge in [-0.15, -0.1) is 0 Å². The molecular formula is C26H34N2O3. The van der Waals surface area contributed by atoms with Crippen LogP contribution in [0.3, 0.4) is 0 Å². The first-order chi connectivity index (χ1) is 15.2. The van der Waals surface area contributed by atoms with Crippen LogP contribution in [0.2, 0.25) is 0 Å². The summed E-state index contributed by atoms with van der Waals surface area (Å²) in [6.45, 7) is 3.20. The molecule has 2 saturated heterocycles. The zero-order chi connectivity index (χ0) is 21.4. The normalized spacial score (nSPS) is 20.5. The van der Waals surface area contributed by atoms with E-state index in [1.807, 2.05) is 18.2 Å². The molecule has 1 aromatic heterocycles. The summed E-state index contributed by atoms with van der Waals surface area (Å²) in [6, 6.07) is 14.2. The molecule has 1 unspecified atom stereocenters. The highest BCUT2D eigenvalue weighted by Crippen LogP contribution is 2.39. The second-order valence-corrected chi connectivity index (χ2v) is 8.93. The minimum Gasteiger partial charge on any atom is -0.493 e. The van der Waals surface area contributed by atoms with Gasteiger partial charge in [-0.05, 0) is 68.6 Å². The van der Waals surface area contributed by atoms with Crippen LogP contribution in [0.15, 0.2) is 54.9 Å². The van der Waals surface area contributed by atoms with Gasteiger partial charge < -0.3 is 14.4 Å². The van der Waals surface area contributed by atoms with E-state index in [4.69, 9.17) is 9.47 Å². The number of pyridine rings is 1. The predicted molar refractivity (Wildman–Crippen MR) is 121 cm³/mol. The summed E-state index contributed by atoms with van der Waals surface area (Å²) in [7, 11) is 0. The molecule has 31 heavy (non-hydrogen) atoms. The van der Waals surface area contributed by atoms with Gasteiger partial charge in [0.05, 0.1) is 12.2 Å². The molecule has 2 aliphatic rings. The number of carbonyl (C=O) groups excluding carboxylic acids is 1. The Labute approximate surface area is 185 Å². The predicted octanol–water partition coefficient (Wildman–Crippen LogP) is 4.66. The minimum absolute atomic E-state index is 0.0413. The molecule has 2 fully saturated rings. The van der Waals surface area contributed by atoms with Crippen LogP contribution in [0.4, 0.5) is 0 Å². The maximum Gasteiger partial charge on any atom is 0.222 e. The Balaban J connectivity index is 1.17. The third-order valence-corrected chi connectivity index (χ3v) is 6.77. The van der Waals surface area contributed by atoms with Gasteiger partial charge in [0.2, 0.25) is 5.91 Å². The van der Waals surface area contributed by atoms with Gasteiger partial charge in [-0.2, -0.15) is 0 Å². The van der Waals surface area contributed by atoms with Gasteiger partial charge in [0.25, 0.3) is 0 Å². The number of carbonyl (C=O) groups is 1. The van der Waals surface area contributed by atoms with E-state index >= 15 is 0 Å². The Morgan fingerprint density at radius 3 is 2.68 bits per heavy atom. The van der Waals surface area contributed by atoms with Crippen molar-refractivity contribution >= 4 is 5.91 Å². The summed E-state index contributed by atoms with van der Waals surface area (Å²) in [5.41, 5.74) is 1.27. The Hall–Kier alpha value is -2.40. The lowest BCUT2D eigenvalue weighted by Crippen LogP contribution is -2.50. The molecule has 1 aromatic carbocycles. The Bertz CT molecular complexity index is 804. The van der Waals surface area contributed by atoms with Gasteiger partial charge in [-0.25, -0.2) is 0 Å². The van der Waals surface area contributed by atoms with E-state index < -0.39 is 0 Å². The number of hydrogen-bond donors (Lipinski definition) is 0. The molecule has 5 heteroatoms. The highest BCUT2D eigenvalue weighted by atomic mass is 16.5. The standard InChI is InChI=1S/C26H34N2O3/c29-25(8-4-7-22-5-2-1-3-6-22)28-17-13-26(14-18-28)21-23(12-20-31-26)11-19-30-24-9-15-27-16-10-24/h1-3,5-6,9-10,15-16,23H,4,7-8,11-14,17-21H2. The van der Waals surface area contributed by atoms with Crippen molar-refractivity contribution < 1.29 is 14.3 Å². The van der Waals surface area contributed by atoms with Crippen LogP contribution in [-0.2, 0) is 16.0 Å². The van der Waals surface area contributed by atoms with Crippen molar-refractivity contribution in [1.29, 1.82) is 0 Å². The van der Waals surface area contributed by atoms with E-state index in [-0.39, 0.29) is 5.60 Å². The molecule has 0 radical (unpaired) electrons. The number of aryl methyl sites for hydroxylation is 1. The maximum absolute atomic E-state index is 12.7. The van der Waals surface area contributed by atoms with Crippen LogP contribution in [0.25, 0.3) is 0 Å². The van der Waals surface area contributed by atoms with Crippen molar-refractivity contribution in [3.8, 4) is 5.75 Å². The second kappa shape index (κ2) is 10.8. The van der Waals surface area contributed by atoms with Crippen molar-refractivity contribution in [2.75, 3.05) is 26.3 Å². The summed E-state index contributed by atoms with van der Waals surface area (Å²) < 4.78 is 12.2. The quantitative estimate of drug-likeness (QED) is 0.621. The fraction of sp³-hybridized carbons (Fsp3) is 0.538. The minimum atomic E-state index is -0.0413. The maximum atomic E-state index is 12.7. The number of ether oxygens (including phenoxy) is 2. The lowest BCUT2D eigenvalue weighted by Gasteiger charge is -2.46. The van der Waals surface area contributed by atoms with Crippen LogP contribution in [0, 0.1) is 5.92 Å². The number of amides is 1. The fourth-order valence-electron chi connectivity index (χ4n) is 4.91. The molecule has 2 aromatic rings. The molecule has 3 heterocycles. The first-order valence-electron chi connectivity index (χ1n) is 11.7. The highest BCUT2D eigenvalue weighted by molar-refractivity contribution is 5.76. The monoisotopic (exact) mass is 422 g/mol. The molecule has 0 aliphatic carbocycles. The van der Waals surface area contributed by atoms with Crippen molar-refractivity contribution in [2.45, 2.75) is 57.0 Å². The highest BCUT2D eigenvalue weighted by Gasteiger charge is 2.40. The number of aromatic nitrogens is 1. The number of piperidine rings is 1. The third kappa shape index (κ3) is 6.30. The fourth-order valence-corrected chi connectivity index (χ4v) is 4.91. The number of rotatable bonds is 8. The number of benzene rings is 1. The Kier molecular flexibility index (Phi) is 7.57. The zero-order valence-corrected chi connectivity index (χ0v) is 18.4. The van der Waals surface area contributed by atoms with Crippen LogP contribution in [-0.4, -0.2) is 47.7 Å². The van der Waals surface area contributed by atoms with Crippen LogP contribution in [0.1, 0.15) is 50.5 Å². The molecule has 1 atom stereocenters. The largest absolute Gasteiger partial charge is 0.493 e. The smallest absolute Gasteiger partial charge is 0.222 e. The van der Waals surface area contributed by atoms with E-state index in [0.29, 0.717) is 18.2 Å². The van der Waals surface area contributed by atoms with Crippen LogP contribution >= 0.6 is 0 Å². The SMILES string of the molecule is O=C(CCCc1ccccc1)N1CCC2(CC1)CC(CCOc1ccncc1)CCO2. The first-order valence-corrected chi connectivity index (χ1v) is 11.7. The molecule has 0 N–H and O–H groups in total. The molecule has 0 bridgehead atoms. The second-order valence-electron chi connectivity index (χ2n) is 8.93. The van der Waals surface area contributed by atoms with Gasteiger partial charge in [0.1, 0.15) is 5.75 Å². The summed E-state index contributed by atoms with van der Waals surface area (Å²) in [4.78, 5) is 18.7. The van der Waals surface area contributed by atoms with Crippen LogP contribution < -0.4 is 4.74 Å².